The van der Waals surface area contributed by atoms with Crippen LogP contribution >= 0.6 is 0 Å². The molecule has 0 atom stereocenters. The average molecular weight is 593 g/mol. The first-order chi connectivity index (χ1) is 21.2. The number of hydrogen-bond acceptors (Lipinski definition) is 6. The molecule has 0 bridgehead atoms. The van der Waals surface area contributed by atoms with Crippen LogP contribution in [0.4, 0.5) is 4.39 Å². The molecule has 1 fully saturated rings. The first kappa shape index (κ1) is 28.6. The maximum absolute atomic E-state index is 13.8. The summed E-state index contributed by atoms with van der Waals surface area (Å²) < 4.78 is 25.4. The number of benzene rings is 3. The molecule has 6 rings (SSSR count). The van der Waals surface area contributed by atoms with E-state index in [1.165, 1.54) is 19.2 Å². The fourth-order valence-corrected chi connectivity index (χ4v) is 5.36. The minimum Gasteiger partial charge on any atom is -0.483 e. The molecule has 1 saturated carbocycles. The van der Waals surface area contributed by atoms with Crippen molar-refractivity contribution in [2.75, 3.05) is 13.7 Å². The number of nitrogens with one attached hydrogen (secondary N) is 2. The van der Waals surface area contributed by atoms with Gasteiger partial charge >= 0.3 is 0 Å². The highest BCUT2D eigenvalue weighted by Gasteiger charge is 2.47. The number of furan rings is 1. The molecule has 3 amide bonds. The minimum atomic E-state index is -0.672. The Balaban J connectivity index is 1.44. The summed E-state index contributed by atoms with van der Waals surface area (Å²) in [4.78, 5) is 42.8. The third-order valence-corrected chi connectivity index (χ3v) is 7.76. The van der Waals surface area contributed by atoms with Gasteiger partial charge in [0.25, 0.3) is 17.7 Å². The van der Waals surface area contributed by atoms with E-state index >= 15 is 0 Å². The van der Waals surface area contributed by atoms with E-state index in [0.29, 0.717) is 39.0 Å². The number of nitrogens with zero attached hydrogens (tertiary/aromatic N) is 1. The third kappa shape index (κ3) is 5.37. The number of hydrogen-bond donors (Lipinski definition) is 3. The topological polar surface area (TPSA) is 137 Å². The zero-order valence-electron chi connectivity index (χ0n) is 24.1. The summed E-state index contributed by atoms with van der Waals surface area (Å²) in [5.74, 6) is -1.30. The zero-order valence-corrected chi connectivity index (χ0v) is 24.1. The molecule has 0 radical (unpaired) electrons. The minimum absolute atomic E-state index is 0.216. The van der Waals surface area contributed by atoms with Crippen molar-refractivity contribution in [3.05, 3.63) is 107 Å². The first-order valence-corrected chi connectivity index (χ1v) is 14.0. The summed E-state index contributed by atoms with van der Waals surface area (Å²) in [5, 5.41) is 6.33. The monoisotopic (exact) mass is 592 g/mol. The van der Waals surface area contributed by atoms with Gasteiger partial charge in [-0.05, 0) is 97.1 Å². The fraction of sp³-hybridized carbons (Fsp3) is 0.176. The number of primary amides is 1. The molecular weight excluding hydrogens is 563 g/mol. The van der Waals surface area contributed by atoms with E-state index in [1.807, 2.05) is 37.3 Å². The molecule has 5 aromatic rings. The molecule has 0 spiro atoms. The summed E-state index contributed by atoms with van der Waals surface area (Å²) in [7, 11) is 1.52. The lowest BCUT2D eigenvalue weighted by molar-refractivity contribution is -0.119. The molecule has 3 aromatic carbocycles. The Bertz CT molecular complexity index is 1910. The van der Waals surface area contributed by atoms with Crippen molar-refractivity contribution >= 4 is 28.7 Å². The lowest BCUT2D eigenvalue weighted by atomic mass is 9.94. The second-order valence-electron chi connectivity index (χ2n) is 10.8. The average Bonchev–Trinajstić information content (AvgIpc) is 3.71. The highest BCUT2D eigenvalue weighted by Crippen LogP contribution is 2.45. The highest BCUT2D eigenvalue weighted by molar-refractivity contribution is 6.12. The summed E-state index contributed by atoms with van der Waals surface area (Å²) in [6, 6.07) is 20.1. The van der Waals surface area contributed by atoms with E-state index in [4.69, 9.17) is 14.9 Å². The van der Waals surface area contributed by atoms with Crippen LogP contribution < -0.4 is 21.1 Å². The molecule has 0 aliphatic heterocycles. The van der Waals surface area contributed by atoms with Crippen LogP contribution in [0.3, 0.4) is 0 Å². The van der Waals surface area contributed by atoms with E-state index < -0.39 is 23.9 Å². The molecule has 1 aliphatic rings. The molecule has 1 aliphatic carbocycles. The molecule has 9 nitrogen and oxygen atoms in total. The van der Waals surface area contributed by atoms with Crippen LogP contribution in [0.5, 0.6) is 5.75 Å². The van der Waals surface area contributed by atoms with E-state index in [2.05, 4.69) is 15.6 Å². The Morgan fingerprint density at radius 1 is 1.00 bits per heavy atom. The third-order valence-electron chi connectivity index (χ3n) is 7.76. The van der Waals surface area contributed by atoms with E-state index in [-0.39, 0.29) is 23.1 Å². The van der Waals surface area contributed by atoms with Crippen molar-refractivity contribution in [1.82, 2.24) is 15.6 Å². The van der Waals surface area contributed by atoms with Crippen molar-refractivity contribution in [2.24, 2.45) is 5.73 Å². The number of carbonyl (C=O) groups is 3. The van der Waals surface area contributed by atoms with Gasteiger partial charge in [-0.2, -0.15) is 0 Å². The molecule has 222 valence electrons. The van der Waals surface area contributed by atoms with Gasteiger partial charge in [-0.3, -0.25) is 19.4 Å². The van der Waals surface area contributed by atoms with Crippen LogP contribution in [0.2, 0.25) is 0 Å². The molecule has 4 N–H and O–H groups in total. The summed E-state index contributed by atoms with van der Waals surface area (Å²) in [5.41, 5.74) is 9.25. The number of halogens is 1. The van der Waals surface area contributed by atoms with Gasteiger partial charge in [0.05, 0.1) is 22.4 Å². The highest BCUT2D eigenvalue weighted by atomic mass is 19.1. The Morgan fingerprint density at radius 3 is 2.41 bits per heavy atom. The largest absolute Gasteiger partial charge is 0.483 e. The van der Waals surface area contributed by atoms with Crippen molar-refractivity contribution < 1.29 is 27.9 Å². The zero-order chi connectivity index (χ0) is 31.0. The Morgan fingerprint density at radius 2 is 1.75 bits per heavy atom. The van der Waals surface area contributed by atoms with Crippen molar-refractivity contribution in [1.29, 1.82) is 0 Å². The summed E-state index contributed by atoms with van der Waals surface area (Å²) >= 11 is 0. The second-order valence-corrected chi connectivity index (χ2v) is 10.8. The van der Waals surface area contributed by atoms with Gasteiger partial charge in [-0.1, -0.05) is 12.1 Å². The predicted molar refractivity (Wildman–Crippen MR) is 162 cm³/mol. The number of carbonyl (C=O) groups excluding carboxylic acids is 3. The van der Waals surface area contributed by atoms with E-state index in [0.717, 1.165) is 24.1 Å². The van der Waals surface area contributed by atoms with Gasteiger partial charge in [-0.25, -0.2) is 4.39 Å². The van der Waals surface area contributed by atoms with Gasteiger partial charge in [0.15, 0.2) is 6.61 Å². The lowest BCUT2D eigenvalue weighted by Crippen LogP contribution is -2.36. The summed E-state index contributed by atoms with van der Waals surface area (Å²) in [6.45, 7) is 1.46. The number of aromatic nitrogens is 1. The van der Waals surface area contributed by atoms with Crippen molar-refractivity contribution in [3.63, 3.8) is 0 Å². The van der Waals surface area contributed by atoms with Crippen LogP contribution in [0.15, 0.2) is 83.4 Å². The van der Waals surface area contributed by atoms with Crippen molar-refractivity contribution in [3.8, 4) is 28.2 Å². The van der Waals surface area contributed by atoms with Gasteiger partial charge in [0, 0.05) is 24.2 Å². The first-order valence-electron chi connectivity index (χ1n) is 14.0. The van der Waals surface area contributed by atoms with E-state index in [9.17, 15) is 18.8 Å². The standard InChI is InChI=1S/C34H29FN4O5/c1-19-15-27(43-18-29(36)40)25(32(41)39-34(12-13-34)28-5-3-4-14-38-28)17-23(19)21-8-11-26-24(16-21)30(33(42)37-2)31(44-26)20-6-9-22(35)10-7-20/h3-11,14-17H,12-13,18H2,1-2H3,(H2,36,40)(H,37,42)(H,39,41). The number of pyridine rings is 1. The number of amides is 3. The normalized spacial score (nSPS) is 13.3. The maximum Gasteiger partial charge on any atom is 0.255 e. The summed E-state index contributed by atoms with van der Waals surface area (Å²) in [6.07, 6.45) is 3.16. The Labute approximate surface area is 252 Å². The van der Waals surface area contributed by atoms with Gasteiger partial charge in [0.1, 0.15) is 22.9 Å². The van der Waals surface area contributed by atoms with Crippen LogP contribution in [-0.2, 0) is 10.3 Å². The molecular formula is C34H29FN4O5. The number of fused-ring (bicyclic) bond motifs is 1. The quantitative estimate of drug-likeness (QED) is 0.214. The lowest BCUT2D eigenvalue weighted by Gasteiger charge is -2.20. The number of ether oxygens (including phenoxy) is 1. The van der Waals surface area contributed by atoms with Crippen LogP contribution in [0.1, 0.15) is 44.8 Å². The Kier molecular flexibility index (Phi) is 7.34. The second kappa shape index (κ2) is 11.3. The maximum atomic E-state index is 13.8. The van der Waals surface area contributed by atoms with Gasteiger partial charge in [0.2, 0.25) is 0 Å². The molecule has 2 heterocycles. The Hall–Kier alpha value is -5.51. The van der Waals surface area contributed by atoms with Crippen LogP contribution in [0.25, 0.3) is 33.4 Å². The molecule has 0 saturated heterocycles. The fourth-order valence-electron chi connectivity index (χ4n) is 5.36. The molecule has 2 aromatic heterocycles. The van der Waals surface area contributed by atoms with Crippen LogP contribution in [0, 0.1) is 12.7 Å². The van der Waals surface area contributed by atoms with Crippen LogP contribution in [-0.4, -0.2) is 36.4 Å². The van der Waals surface area contributed by atoms with Crippen molar-refractivity contribution in [2.45, 2.75) is 25.3 Å². The molecule has 10 heteroatoms. The SMILES string of the molecule is CNC(=O)c1c(-c2ccc(F)cc2)oc2ccc(-c3cc(C(=O)NC4(c5ccccn5)CC4)c(OCC(N)=O)cc3C)cc12. The smallest absolute Gasteiger partial charge is 0.255 e. The predicted octanol–water partition coefficient (Wildman–Crippen LogP) is 5.25. The number of nitrogens with two attached hydrogens (primary N) is 1. The molecule has 0 unspecified atom stereocenters. The van der Waals surface area contributed by atoms with Gasteiger partial charge in [-0.15, -0.1) is 0 Å². The number of rotatable bonds is 9. The number of aryl methyl sites for hydroxylation is 1. The van der Waals surface area contributed by atoms with Gasteiger partial charge < -0.3 is 25.5 Å². The molecule has 44 heavy (non-hydrogen) atoms. The van der Waals surface area contributed by atoms with E-state index in [1.54, 1.807) is 36.5 Å².